The molecule has 2 N–H and O–H groups in total. The molecule has 1 aliphatic heterocycles. The van der Waals surface area contributed by atoms with Gasteiger partial charge in [0.1, 0.15) is 12.4 Å². The molecule has 7 nitrogen and oxygen atoms in total. The van der Waals surface area contributed by atoms with Crippen molar-refractivity contribution in [2.75, 3.05) is 33.9 Å². The number of fused-ring (bicyclic) bond motifs is 1. The van der Waals surface area contributed by atoms with Crippen molar-refractivity contribution in [1.29, 1.82) is 0 Å². The number of carbonyl (C=O) groups excluding carboxylic acids is 2. The maximum absolute atomic E-state index is 12.6. The zero-order chi connectivity index (χ0) is 18.7. The van der Waals surface area contributed by atoms with Crippen LogP contribution in [0.15, 0.2) is 24.3 Å². The van der Waals surface area contributed by atoms with Crippen LogP contribution in [0.25, 0.3) is 0 Å². The number of rotatable bonds is 7. The predicted octanol–water partition coefficient (Wildman–Crippen LogP) is 0.649. The molecule has 3 rings (SSSR count). The number of hydrogen-bond acceptors (Lipinski definition) is 5. The molecule has 26 heavy (non-hydrogen) atoms. The Morgan fingerprint density at radius 1 is 1.27 bits per heavy atom. The zero-order valence-electron chi connectivity index (χ0n) is 15.5. The number of nitrogens with one attached hydrogen (secondary N) is 2. The van der Waals surface area contributed by atoms with Crippen LogP contribution in [0.3, 0.4) is 0 Å². The van der Waals surface area contributed by atoms with E-state index in [1.165, 1.54) is 6.92 Å². The van der Waals surface area contributed by atoms with Crippen molar-refractivity contribution >= 4 is 11.8 Å². The smallest absolute Gasteiger partial charge is 0.251 e. The first-order valence-corrected chi connectivity index (χ1v) is 9.03. The van der Waals surface area contributed by atoms with E-state index in [4.69, 9.17) is 9.47 Å². The molecule has 2 aliphatic rings. The Morgan fingerprint density at radius 3 is 2.65 bits per heavy atom. The maximum atomic E-state index is 12.6. The van der Waals surface area contributed by atoms with Gasteiger partial charge in [-0.25, -0.2) is 0 Å². The number of carbonyl (C=O) groups is 2. The number of benzene rings is 1. The summed E-state index contributed by atoms with van der Waals surface area (Å²) in [6, 6.07) is 7.41. The van der Waals surface area contributed by atoms with E-state index in [-0.39, 0.29) is 30.0 Å². The molecule has 142 valence electrons. The number of ether oxygens (including phenoxy) is 2. The molecule has 1 heterocycles. The SMILES string of the molecule is CC(=O)NCCOc1ccc(C(=O)N[C@@H]2[C@@H]3CCO[C@@H]3[C@H]2N(C)C)cc1. The Hall–Kier alpha value is -2.12. The van der Waals surface area contributed by atoms with Gasteiger partial charge in [-0.05, 0) is 44.8 Å². The zero-order valence-corrected chi connectivity index (χ0v) is 15.5. The third kappa shape index (κ3) is 3.99. The molecule has 1 aliphatic carbocycles. The van der Waals surface area contributed by atoms with Crippen LogP contribution in [0, 0.1) is 5.92 Å². The molecule has 1 aromatic rings. The summed E-state index contributed by atoms with van der Waals surface area (Å²) in [6.45, 7) is 3.09. The lowest BCUT2D eigenvalue weighted by molar-refractivity contribution is -0.119. The summed E-state index contributed by atoms with van der Waals surface area (Å²) in [5.41, 5.74) is 0.610. The number of amides is 2. The van der Waals surface area contributed by atoms with Gasteiger partial charge in [0.15, 0.2) is 0 Å². The van der Waals surface area contributed by atoms with Crippen LogP contribution < -0.4 is 15.4 Å². The van der Waals surface area contributed by atoms with Gasteiger partial charge in [0.05, 0.1) is 24.7 Å². The first-order valence-electron chi connectivity index (χ1n) is 9.03. The molecule has 7 heteroatoms. The minimum atomic E-state index is -0.0810. The Bertz CT molecular complexity index is 647. The van der Waals surface area contributed by atoms with Crippen LogP contribution in [0.5, 0.6) is 5.75 Å². The maximum Gasteiger partial charge on any atom is 0.251 e. The Kier molecular flexibility index (Phi) is 5.78. The van der Waals surface area contributed by atoms with Crippen molar-refractivity contribution in [3.05, 3.63) is 29.8 Å². The van der Waals surface area contributed by atoms with Gasteiger partial charge in [-0.2, -0.15) is 0 Å². The van der Waals surface area contributed by atoms with E-state index in [1.807, 2.05) is 14.1 Å². The summed E-state index contributed by atoms with van der Waals surface area (Å²) in [6.07, 6.45) is 1.23. The van der Waals surface area contributed by atoms with Crippen LogP contribution in [0.4, 0.5) is 0 Å². The van der Waals surface area contributed by atoms with E-state index in [1.54, 1.807) is 24.3 Å². The molecule has 0 spiro atoms. The molecule has 1 saturated heterocycles. The fraction of sp³-hybridized carbons (Fsp3) is 0.579. The Morgan fingerprint density at radius 2 is 2.00 bits per heavy atom. The largest absolute Gasteiger partial charge is 0.492 e. The van der Waals surface area contributed by atoms with Gasteiger partial charge in [-0.1, -0.05) is 0 Å². The Labute approximate surface area is 154 Å². The number of hydrogen-bond donors (Lipinski definition) is 2. The molecule has 2 fully saturated rings. The van der Waals surface area contributed by atoms with Crippen LogP contribution in [-0.4, -0.2) is 68.8 Å². The summed E-state index contributed by atoms with van der Waals surface area (Å²) >= 11 is 0. The highest BCUT2D eigenvalue weighted by molar-refractivity contribution is 5.94. The van der Waals surface area contributed by atoms with Gasteiger partial charge >= 0.3 is 0 Å². The second kappa shape index (κ2) is 8.05. The highest BCUT2D eigenvalue weighted by Gasteiger charge is 2.55. The molecule has 2 amide bonds. The summed E-state index contributed by atoms with van der Waals surface area (Å²) in [5, 5.41) is 5.84. The molecule has 1 aromatic carbocycles. The van der Waals surface area contributed by atoms with E-state index in [9.17, 15) is 9.59 Å². The highest BCUT2D eigenvalue weighted by Crippen LogP contribution is 2.41. The normalized spacial score (nSPS) is 26.8. The highest BCUT2D eigenvalue weighted by atomic mass is 16.5. The number of likely N-dealkylation sites (N-methyl/N-ethyl adjacent to an activating group) is 1. The molecule has 4 atom stereocenters. The van der Waals surface area contributed by atoms with E-state index in [0.29, 0.717) is 30.4 Å². The van der Waals surface area contributed by atoms with Crippen LogP contribution in [0.1, 0.15) is 23.7 Å². The van der Waals surface area contributed by atoms with Gasteiger partial charge in [-0.15, -0.1) is 0 Å². The topological polar surface area (TPSA) is 79.9 Å². The summed E-state index contributed by atoms with van der Waals surface area (Å²) in [5.74, 6) is 0.924. The minimum absolute atomic E-state index is 0.0722. The van der Waals surface area contributed by atoms with Gasteiger partial charge in [0.2, 0.25) is 5.91 Å². The van der Waals surface area contributed by atoms with E-state index in [0.717, 1.165) is 13.0 Å². The average molecular weight is 361 g/mol. The van der Waals surface area contributed by atoms with Crippen molar-refractivity contribution in [2.45, 2.75) is 31.5 Å². The van der Waals surface area contributed by atoms with Crippen molar-refractivity contribution in [2.24, 2.45) is 5.92 Å². The van der Waals surface area contributed by atoms with Crippen molar-refractivity contribution < 1.29 is 19.1 Å². The van der Waals surface area contributed by atoms with Gasteiger partial charge < -0.3 is 25.0 Å². The van der Waals surface area contributed by atoms with E-state index >= 15 is 0 Å². The fourth-order valence-electron chi connectivity index (χ4n) is 3.82. The average Bonchev–Trinajstić information content (AvgIpc) is 3.00. The predicted molar refractivity (Wildman–Crippen MR) is 97.2 cm³/mol. The Balaban J connectivity index is 1.52. The van der Waals surface area contributed by atoms with Gasteiger partial charge in [-0.3, -0.25) is 9.59 Å². The second-order valence-corrected chi connectivity index (χ2v) is 7.10. The van der Waals surface area contributed by atoms with Crippen molar-refractivity contribution in [3.63, 3.8) is 0 Å². The number of nitrogens with zero attached hydrogens (tertiary/aromatic N) is 1. The molecule has 1 saturated carbocycles. The minimum Gasteiger partial charge on any atom is -0.492 e. The molecule has 0 aromatic heterocycles. The second-order valence-electron chi connectivity index (χ2n) is 7.10. The quantitative estimate of drug-likeness (QED) is 0.697. The van der Waals surface area contributed by atoms with Crippen LogP contribution in [-0.2, 0) is 9.53 Å². The lowest BCUT2D eigenvalue weighted by Crippen LogP contribution is -2.69. The van der Waals surface area contributed by atoms with Gasteiger partial charge in [0, 0.05) is 25.0 Å². The van der Waals surface area contributed by atoms with Crippen molar-refractivity contribution in [1.82, 2.24) is 15.5 Å². The third-order valence-electron chi connectivity index (χ3n) is 5.10. The first kappa shape index (κ1) is 18.7. The molecular formula is C19H27N3O4. The monoisotopic (exact) mass is 361 g/mol. The fourth-order valence-corrected chi connectivity index (χ4v) is 3.82. The molecule has 0 unspecified atom stereocenters. The first-order chi connectivity index (χ1) is 12.5. The lowest BCUT2D eigenvalue weighted by Gasteiger charge is -2.50. The van der Waals surface area contributed by atoms with Crippen LogP contribution >= 0.6 is 0 Å². The summed E-state index contributed by atoms with van der Waals surface area (Å²) in [7, 11) is 4.05. The van der Waals surface area contributed by atoms with Crippen LogP contribution in [0.2, 0.25) is 0 Å². The van der Waals surface area contributed by atoms with Gasteiger partial charge in [0.25, 0.3) is 5.91 Å². The summed E-state index contributed by atoms with van der Waals surface area (Å²) in [4.78, 5) is 25.5. The molecule has 0 radical (unpaired) electrons. The summed E-state index contributed by atoms with van der Waals surface area (Å²) < 4.78 is 11.3. The molecular weight excluding hydrogens is 334 g/mol. The standard InChI is InChI=1S/C19H27N3O4/c1-12(23)20-9-11-25-14-6-4-13(5-7-14)19(24)21-16-15-8-10-26-18(15)17(16)22(2)3/h4-7,15-18H,8-11H2,1-3H3,(H,20,23)(H,21,24)/t15-,16+,17-,18-/m0/s1. The molecule has 0 bridgehead atoms. The van der Waals surface area contributed by atoms with E-state index < -0.39 is 0 Å². The van der Waals surface area contributed by atoms with E-state index in [2.05, 4.69) is 15.5 Å². The van der Waals surface area contributed by atoms with Crippen molar-refractivity contribution in [3.8, 4) is 5.75 Å². The lowest BCUT2D eigenvalue weighted by atomic mass is 9.71. The third-order valence-corrected chi connectivity index (χ3v) is 5.10.